The zero-order chi connectivity index (χ0) is 18.4. The quantitative estimate of drug-likeness (QED) is 0.654. The number of ether oxygens (including phenoxy) is 1. The molecule has 2 fully saturated rings. The molecule has 0 spiro atoms. The van der Waals surface area contributed by atoms with E-state index in [0.717, 1.165) is 12.1 Å². The van der Waals surface area contributed by atoms with Crippen molar-refractivity contribution in [3.05, 3.63) is 39.2 Å². The lowest BCUT2D eigenvalue weighted by molar-refractivity contribution is -0.385. The van der Waals surface area contributed by atoms with Crippen molar-refractivity contribution in [3.8, 4) is 0 Å². The summed E-state index contributed by atoms with van der Waals surface area (Å²) in [7, 11) is 0. The van der Waals surface area contributed by atoms with E-state index in [1.165, 1.54) is 11.8 Å². The Balaban J connectivity index is 1.98. The van der Waals surface area contributed by atoms with Gasteiger partial charge < -0.3 is 14.7 Å². The number of carboxylic acids is 1. The van der Waals surface area contributed by atoms with Gasteiger partial charge in [-0.05, 0) is 25.5 Å². The lowest BCUT2D eigenvalue weighted by atomic mass is 9.74. The van der Waals surface area contributed by atoms with Crippen LogP contribution in [0.5, 0.6) is 0 Å². The minimum atomic E-state index is -1.12. The lowest BCUT2D eigenvalue weighted by Gasteiger charge is -2.33. The van der Waals surface area contributed by atoms with Gasteiger partial charge >= 0.3 is 5.97 Å². The fraction of sp³-hybridized carbons (Fsp3) is 0.500. The summed E-state index contributed by atoms with van der Waals surface area (Å²) in [5.41, 5.74) is -1.89. The molecule has 0 unspecified atom stereocenters. The van der Waals surface area contributed by atoms with Crippen LogP contribution in [-0.2, 0) is 9.53 Å². The summed E-state index contributed by atoms with van der Waals surface area (Å²) >= 11 is 0. The molecule has 3 rings (SSSR count). The zero-order valence-electron chi connectivity index (χ0n) is 13.5. The molecule has 8 nitrogen and oxygen atoms in total. The number of fused-ring (bicyclic) bond motifs is 1. The van der Waals surface area contributed by atoms with Crippen LogP contribution in [0.25, 0.3) is 0 Å². The number of amides is 1. The Kier molecular flexibility index (Phi) is 4.19. The molecule has 1 amide bonds. The number of aliphatic carboxylic acids is 1. The Hall–Kier alpha value is -2.55. The first-order valence-corrected chi connectivity index (χ1v) is 7.81. The van der Waals surface area contributed by atoms with E-state index >= 15 is 0 Å². The third-order valence-electron chi connectivity index (χ3n) is 5.10. The van der Waals surface area contributed by atoms with E-state index in [1.807, 2.05) is 0 Å². The second-order valence-corrected chi connectivity index (χ2v) is 6.54. The van der Waals surface area contributed by atoms with Gasteiger partial charge in [-0.25, -0.2) is 4.39 Å². The van der Waals surface area contributed by atoms with Crippen molar-refractivity contribution in [2.75, 3.05) is 26.3 Å². The van der Waals surface area contributed by atoms with Crippen LogP contribution >= 0.6 is 0 Å². The molecule has 2 saturated heterocycles. The zero-order valence-corrected chi connectivity index (χ0v) is 13.5. The molecule has 9 heteroatoms. The van der Waals surface area contributed by atoms with Crippen LogP contribution < -0.4 is 0 Å². The molecule has 2 aliphatic rings. The molecule has 0 saturated carbocycles. The number of hydrogen-bond acceptors (Lipinski definition) is 5. The number of aryl methyl sites for hydroxylation is 1. The van der Waals surface area contributed by atoms with Crippen molar-refractivity contribution in [2.24, 2.45) is 11.3 Å². The van der Waals surface area contributed by atoms with Crippen LogP contribution in [0.4, 0.5) is 10.1 Å². The van der Waals surface area contributed by atoms with E-state index in [4.69, 9.17) is 4.74 Å². The highest BCUT2D eigenvalue weighted by Gasteiger charge is 2.55. The molecule has 0 aromatic heterocycles. The highest BCUT2D eigenvalue weighted by atomic mass is 19.1. The molecule has 0 aliphatic carbocycles. The lowest BCUT2D eigenvalue weighted by Crippen LogP contribution is -2.45. The number of likely N-dealkylation sites (tertiary alicyclic amines) is 1. The maximum atomic E-state index is 13.7. The largest absolute Gasteiger partial charge is 0.481 e. The van der Waals surface area contributed by atoms with Crippen LogP contribution in [0.15, 0.2) is 12.1 Å². The number of carbonyl (C=O) groups is 2. The van der Waals surface area contributed by atoms with E-state index in [1.54, 1.807) is 0 Å². The normalized spacial score (nSPS) is 25.5. The van der Waals surface area contributed by atoms with Gasteiger partial charge in [0.2, 0.25) is 0 Å². The van der Waals surface area contributed by atoms with Crippen molar-refractivity contribution in [2.45, 2.75) is 13.3 Å². The van der Waals surface area contributed by atoms with Gasteiger partial charge in [-0.2, -0.15) is 0 Å². The highest BCUT2D eigenvalue weighted by molar-refractivity contribution is 5.99. The van der Waals surface area contributed by atoms with Gasteiger partial charge in [-0.1, -0.05) is 0 Å². The van der Waals surface area contributed by atoms with E-state index in [2.05, 4.69) is 0 Å². The van der Waals surface area contributed by atoms with Crippen molar-refractivity contribution >= 4 is 17.6 Å². The number of carboxylic acid groups (broad SMARTS) is 1. The molecule has 0 radical (unpaired) electrons. The summed E-state index contributed by atoms with van der Waals surface area (Å²) < 4.78 is 19.0. The molecule has 1 aromatic rings. The second-order valence-electron chi connectivity index (χ2n) is 6.54. The first-order chi connectivity index (χ1) is 11.8. The summed E-state index contributed by atoms with van der Waals surface area (Å²) in [5.74, 6) is -2.89. The summed E-state index contributed by atoms with van der Waals surface area (Å²) in [6, 6.07) is 1.82. The summed E-state index contributed by atoms with van der Waals surface area (Å²) in [6.45, 7) is 1.89. The highest BCUT2D eigenvalue weighted by Crippen LogP contribution is 2.43. The summed E-state index contributed by atoms with van der Waals surface area (Å²) in [6.07, 6.45) is 0.265. The second kappa shape index (κ2) is 6.07. The van der Waals surface area contributed by atoms with E-state index in [9.17, 15) is 29.2 Å². The van der Waals surface area contributed by atoms with Gasteiger partial charge in [0.25, 0.3) is 11.6 Å². The van der Waals surface area contributed by atoms with Crippen LogP contribution in [0.1, 0.15) is 22.3 Å². The van der Waals surface area contributed by atoms with Crippen molar-refractivity contribution in [3.63, 3.8) is 0 Å². The average molecular weight is 352 g/mol. The standard InChI is InChI=1S/C16H17FN2O6/c1-9-4-11(17)5-12(13(9)19(23)24)14(20)18-6-10-7-25-3-2-16(10,8-18)15(21)22/h4-5,10H,2-3,6-8H2,1H3,(H,21,22)/t10-,16+/m0/s1. The minimum Gasteiger partial charge on any atom is -0.481 e. The number of nitro groups is 1. The Morgan fingerprint density at radius 1 is 1.48 bits per heavy atom. The third kappa shape index (κ3) is 2.74. The molecule has 0 bridgehead atoms. The van der Waals surface area contributed by atoms with Gasteiger partial charge in [-0.3, -0.25) is 19.7 Å². The average Bonchev–Trinajstić information content (AvgIpc) is 2.93. The Bertz CT molecular complexity index is 767. The molecular formula is C16H17FN2O6. The number of rotatable bonds is 3. The van der Waals surface area contributed by atoms with E-state index in [0.29, 0.717) is 0 Å². The predicted octanol–water partition coefficient (Wildman–Crippen LogP) is 1.61. The van der Waals surface area contributed by atoms with Gasteiger partial charge in [-0.15, -0.1) is 0 Å². The Labute approximate surface area is 142 Å². The molecule has 1 aromatic carbocycles. The first kappa shape index (κ1) is 17.3. The SMILES string of the molecule is Cc1cc(F)cc(C(=O)N2C[C@H]3COCC[C@@]3(C(=O)O)C2)c1[N+](=O)[O-]. The monoisotopic (exact) mass is 352 g/mol. The van der Waals surface area contributed by atoms with E-state index in [-0.39, 0.29) is 43.9 Å². The first-order valence-electron chi connectivity index (χ1n) is 7.81. The topological polar surface area (TPSA) is 110 Å². The van der Waals surface area contributed by atoms with Crippen molar-refractivity contribution < 1.29 is 28.7 Å². The van der Waals surface area contributed by atoms with Gasteiger partial charge in [0.15, 0.2) is 0 Å². The molecule has 25 heavy (non-hydrogen) atoms. The Morgan fingerprint density at radius 2 is 2.20 bits per heavy atom. The summed E-state index contributed by atoms with van der Waals surface area (Å²) in [5, 5.41) is 20.9. The van der Waals surface area contributed by atoms with Crippen LogP contribution in [-0.4, -0.2) is 53.1 Å². The third-order valence-corrected chi connectivity index (χ3v) is 5.10. The van der Waals surface area contributed by atoms with Crippen LogP contribution in [0.2, 0.25) is 0 Å². The summed E-state index contributed by atoms with van der Waals surface area (Å²) in [4.78, 5) is 36.4. The fourth-order valence-corrected chi connectivity index (χ4v) is 3.77. The molecule has 1 N–H and O–H groups in total. The van der Waals surface area contributed by atoms with Gasteiger partial charge in [0, 0.05) is 31.2 Å². The number of benzene rings is 1. The number of halogens is 1. The number of carbonyl (C=O) groups excluding carboxylic acids is 1. The van der Waals surface area contributed by atoms with Crippen LogP contribution in [0.3, 0.4) is 0 Å². The molecular weight excluding hydrogens is 335 g/mol. The van der Waals surface area contributed by atoms with E-state index < -0.39 is 39.6 Å². The Morgan fingerprint density at radius 3 is 2.80 bits per heavy atom. The predicted molar refractivity (Wildman–Crippen MR) is 82.7 cm³/mol. The molecule has 2 aliphatic heterocycles. The minimum absolute atomic E-state index is 0.0428. The van der Waals surface area contributed by atoms with Gasteiger partial charge in [0.1, 0.15) is 11.4 Å². The maximum Gasteiger partial charge on any atom is 0.311 e. The van der Waals surface area contributed by atoms with Crippen LogP contribution in [0, 0.1) is 34.2 Å². The van der Waals surface area contributed by atoms with Gasteiger partial charge in [0.05, 0.1) is 16.9 Å². The fourth-order valence-electron chi connectivity index (χ4n) is 3.77. The number of nitrogens with zero attached hydrogens (tertiary/aromatic N) is 2. The smallest absolute Gasteiger partial charge is 0.311 e. The van der Waals surface area contributed by atoms with Crippen molar-refractivity contribution in [1.82, 2.24) is 4.90 Å². The number of hydrogen-bond donors (Lipinski definition) is 1. The maximum absolute atomic E-state index is 13.7. The molecule has 134 valence electrons. The number of nitro benzene ring substituents is 1. The molecule has 2 atom stereocenters. The molecule has 2 heterocycles. The van der Waals surface area contributed by atoms with Crippen molar-refractivity contribution in [1.29, 1.82) is 0 Å².